The van der Waals surface area contributed by atoms with Crippen LogP contribution in [-0.4, -0.2) is 9.97 Å². The average Bonchev–Trinajstić information content (AvgIpc) is 2.26. The van der Waals surface area contributed by atoms with Crippen molar-refractivity contribution < 1.29 is 9.13 Å². The van der Waals surface area contributed by atoms with Gasteiger partial charge in [-0.25, -0.2) is 4.39 Å². The third kappa shape index (κ3) is 3.64. The highest BCUT2D eigenvalue weighted by atomic mass is 79.9. The summed E-state index contributed by atoms with van der Waals surface area (Å²) in [6.45, 7) is 3.81. The summed E-state index contributed by atoms with van der Waals surface area (Å²) < 4.78 is 19.2. The number of ether oxygens (including phenoxy) is 1. The predicted octanol–water partition coefficient (Wildman–Crippen LogP) is 3.59. The van der Waals surface area contributed by atoms with Gasteiger partial charge < -0.3 is 9.72 Å². The Labute approximate surface area is 117 Å². The van der Waals surface area contributed by atoms with Crippen molar-refractivity contribution >= 4 is 15.9 Å². The van der Waals surface area contributed by atoms with Gasteiger partial charge in [0.25, 0.3) is 5.56 Å². The molecule has 0 atom stereocenters. The van der Waals surface area contributed by atoms with Crippen molar-refractivity contribution in [2.24, 2.45) is 0 Å². The SMILES string of the molecule is CC(C)c1nc(Oc2cc(F)cc(Br)c2)cc(=O)[nH]1. The number of halogens is 2. The van der Waals surface area contributed by atoms with Crippen LogP contribution in [0.25, 0.3) is 0 Å². The van der Waals surface area contributed by atoms with Crippen LogP contribution in [-0.2, 0) is 0 Å². The molecule has 4 nitrogen and oxygen atoms in total. The molecule has 2 rings (SSSR count). The normalized spacial score (nSPS) is 10.8. The minimum atomic E-state index is -0.432. The van der Waals surface area contributed by atoms with Crippen molar-refractivity contribution in [2.45, 2.75) is 19.8 Å². The van der Waals surface area contributed by atoms with E-state index in [0.717, 1.165) is 0 Å². The number of aromatic amines is 1. The first-order valence-electron chi connectivity index (χ1n) is 5.69. The van der Waals surface area contributed by atoms with Crippen LogP contribution in [0.5, 0.6) is 11.6 Å². The van der Waals surface area contributed by atoms with Crippen LogP contribution in [0.1, 0.15) is 25.6 Å². The Morgan fingerprint density at radius 2 is 2.05 bits per heavy atom. The fourth-order valence-corrected chi connectivity index (χ4v) is 1.93. The number of hydrogen-bond donors (Lipinski definition) is 1. The second-order valence-corrected chi connectivity index (χ2v) is 5.25. The number of nitrogens with zero attached hydrogens (tertiary/aromatic N) is 1. The molecule has 1 N–H and O–H groups in total. The van der Waals surface area contributed by atoms with Gasteiger partial charge in [-0.3, -0.25) is 4.79 Å². The molecule has 0 amide bonds. The molecule has 6 heteroatoms. The molecule has 1 heterocycles. The van der Waals surface area contributed by atoms with Crippen LogP contribution in [0.3, 0.4) is 0 Å². The van der Waals surface area contributed by atoms with E-state index in [9.17, 15) is 9.18 Å². The molecule has 100 valence electrons. The summed E-state index contributed by atoms with van der Waals surface area (Å²) in [4.78, 5) is 18.3. The molecule has 1 aromatic heterocycles. The maximum absolute atomic E-state index is 13.2. The van der Waals surface area contributed by atoms with Gasteiger partial charge in [0, 0.05) is 16.5 Å². The first kappa shape index (κ1) is 13.7. The molecule has 0 saturated carbocycles. The largest absolute Gasteiger partial charge is 0.439 e. The second-order valence-electron chi connectivity index (χ2n) is 4.33. The van der Waals surface area contributed by atoms with Crippen LogP contribution >= 0.6 is 15.9 Å². The Balaban J connectivity index is 2.35. The number of aromatic nitrogens is 2. The lowest BCUT2D eigenvalue weighted by Gasteiger charge is -2.08. The van der Waals surface area contributed by atoms with Crippen molar-refractivity contribution in [1.29, 1.82) is 0 Å². The monoisotopic (exact) mass is 326 g/mol. The molecule has 0 aliphatic rings. The van der Waals surface area contributed by atoms with E-state index in [1.807, 2.05) is 13.8 Å². The molecular formula is C13H12BrFN2O2. The summed E-state index contributed by atoms with van der Waals surface area (Å²) in [6.07, 6.45) is 0. The minimum Gasteiger partial charge on any atom is -0.439 e. The fraction of sp³-hybridized carbons (Fsp3) is 0.231. The summed E-state index contributed by atoms with van der Waals surface area (Å²) in [5, 5.41) is 0. The van der Waals surface area contributed by atoms with E-state index < -0.39 is 5.82 Å². The zero-order chi connectivity index (χ0) is 14.0. The Morgan fingerprint density at radius 1 is 1.32 bits per heavy atom. The number of nitrogens with one attached hydrogen (secondary N) is 1. The van der Waals surface area contributed by atoms with Gasteiger partial charge in [-0.2, -0.15) is 4.98 Å². The van der Waals surface area contributed by atoms with Gasteiger partial charge in [0.2, 0.25) is 5.88 Å². The minimum absolute atomic E-state index is 0.0653. The lowest BCUT2D eigenvalue weighted by molar-refractivity contribution is 0.451. The van der Waals surface area contributed by atoms with Gasteiger partial charge in [-0.1, -0.05) is 29.8 Å². The highest BCUT2D eigenvalue weighted by molar-refractivity contribution is 9.10. The van der Waals surface area contributed by atoms with E-state index in [1.165, 1.54) is 18.2 Å². The quantitative estimate of drug-likeness (QED) is 0.937. The topological polar surface area (TPSA) is 55.0 Å². The molecule has 19 heavy (non-hydrogen) atoms. The molecule has 0 radical (unpaired) electrons. The maximum Gasteiger partial charge on any atom is 0.254 e. The number of benzene rings is 1. The lowest BCUT2D eigenvalue weighted by Crippen LogP contribution is -2.11. The zero-order valence-corrected chi connectivity index (χ0v) is 12.0. The summed E-state index contributed by atoms with van der Waals surface area (Å²) in [5.41, 5.74) is -0.302. The Hall–Kier alpha value is -1.69. The van der Waals surface area contributed by atoms with Crippen molar-refractivity contribution in [1.82, 2.24) is 9.97 Å². The van der Waals surface area contributed by atoms with Crippen LogP contribution in [0, 0.1) is 5.82 Å². The lowest BCUT2D eigenvalue weighted by atomic mass is 10.2. The van der Waals surface area contributed by atoms with Crippen molar-refractivity contribution in [3.05, 3.63) is 50.7 Å². The summed E-state index contributed by atoms with van der Waals surface area (Å²) in [5.74, 6) is 0.580. The van der Waals surface area contributed by atoms with Gasteiger partial charge in [-0.05, 0) is 12.1 Å². The van der Waals surface area contributed by atoms with Gasteiger partial charge in [0.05, 0.1) is 6.07 Å². The third-order valence-electron chi connectivity index (χ3n) is 2.34. The standard InChI is InChI=1S/C13H12BrFN2O2/c1-7(2)13-16-11(18)6-12(17-13)19-10-4-8(14)3-9(15)5-10/h3-7H,1-2H3,(H,16,17,18). The van der Waals surface area contributed by atoms with Gasteiger partial charge in [0.15, 0.2) is 0 Å². The third-order valence-corrected chi connectivity index (χ3v) is 2.80. The van der Waals surface area contributed by atoms with Crippen molar-refractivity contribution in [2.75, 3.05) is 0 Å². The van der Waals surface area contributed by atoms with Crippen LogP contribution in [0.4, 0.5) is 4.39 Å². The van der Waals surface area contributed by atoms with Crippen LogP contribution in [0.2, 0.25) is 0 Å². The second kappa shape index (κ2) is 5.52. The molecule has 0 spiro atoms. The van der Waals surface area contributed by atoms with Gasteiger partial charge in [-0.15, -0.1) is 0 Å². The van der Waals surface area contributed by atoms with Crippen molar-refractivity contribution in [3.8, 4) is 11.6 Å². The van der Waals surface area contributed by atoms with Crippen molar-refractivity contribution in [3.63, 3.8) is 0 Å². The first-order chi connectivity index (χ1) is 8.94. The van der Waals surface area contributed by atoms with Gasteiger partial charge >= 0.3 is 0 Å². The predicted molar refractivity (Wildman–Crippen MR) is 73.1 cm³/mol. The molecule has 0 aliphatic heterocycles. The van der Waals surface area contributed by atoms with E-state index in [4.69, 9.17) is 4.74 Å². The zero-order valence-electron chi connectivity index (χ0n) is 10.4. The van der Waals surface area contributed by atoms with Crippen LogP contribution < -0.4 is 10.3 Å². The number of rotatable bonds is 3. The smallest absolute Gasteiger partial charge is 0.254 e. The molecule has 1 aromatic carbocycles. The Bertz CT molecular complexity index is 635. The Kier molecular flexibility index (Phi) is 3.99. The highest BCUT2D eigenvalue weighted by Crippen LogP contribution is 2.24. The van der Waals surface area contributed by atoms with E-state index in [2.05, 4.69) is 25.9 Å². The van der Waals surface area contributed by atoms with E-state index in [1.54, 1.807) is 6.07 Å². The van der Waals surface area contributed by atoms with E-state index in [-0.39, 0.29) is 23.1 Å². The average molecular weight is 327 g/mol. The van der Waals surface area contributed by atoms with Gasteiger partial charge in [0.1, 0.15) is 17.4 Å². The van der Waals surface area contributed by atoms with E-state index in [0.29, 0.717) is 10.3 Å². The molecular weight excluding hydrogens is 315 g/mol. The Morgan fingerprint density at radius 3 is 2.68 bits per heavy atom. The summed E-state index contributed by atoms with van der Waals surface area (Å²) in [7, 11) is 0. The molecule has 0 fully saturated rings. The van der Waals surface area contributed by atoms with E-state index >= 15 is 0 Å². The first-order valence-corrected chi connectivity index (χ1v) is 6.48. The van der Waals surface area contributed by atoms with Crippen LogP contribution in [0.15, 0.2) is 33.5 Å². The number of hydrogen-bond acceptors (Lipinski definition) is 3. The number of H-pyrrole nitrogens is 1. The fourth-order valence-electron chi connectivity index (χ4n) is 1.49. The molecule has 0 bridgehead atoms. The summed E-state index contributed by atoms with van der Waals surface area (Å²) in [6, 6.07) is 5.37. The molecule has 0 aliphatic carbocycles. The molecule has 0 unspecified atom stereocenters. The maximum atomic E-state index is 13.2. The molecule has 2 aromatic rings. The summed E-state index contributed by atoms with van der Waals surface area (Å²) >= 11 is 3.17. The molecule has 0 saturated heterocycles. The highest BCUT2D eigenvalue weighted by Gasteiger charge is 2.08.